The van der Waals surface area contributed by atoms with Crippen molar-refractivity contribution in [2.24, 2.45) is 0 Å². The van der Waals surface area contributed by atoms with E-state index in [2.05, 4.69) is 22.1 Å². The number of carbonyl (C=O) groups excluding carboxylic acids is 1. The third kappa shape index (κ3) is 3.61. The topological polar surface area (TPSA) is 63.6 Å². The van der Waals surface area contributed by atoms with E-state index in [1.807, 2.05) is 65.1 Å². The summed E-state index contributed by atoms with van der Waals surface area (Å²) in [6, 6.07) is 14.2. The molecule has 0 bridgehead atoms. The fraction of sp³-hybridized carbons (Fsp3) is 0.292. The third-order valence-corrected chi connectivity index (χ3v) is 5.75. The molecule has 4 heterocycles. The number of fused-ring (bicyclic) bond motifs is 1. The van der Waals surface area contributed by atoms with Crippen LogP contribution >= 0.6 is 0 Å². The lowest BCUT2D eigenvalue weighted by Gasteiger charge is -2.30. The summed E-state index contributed by atoms with van der Waals surface area (Å²) in [6.45, 7) is 3.35. The highest BCUT2D eigenvalue weighted by Gasteiger charge is 2.29. The van der Waals surface area contributed by atoms with Gasteiger partial charge in [0.05, 0.1) is 12.1 Å². The number of likely N-dealkylation sites (tertiary alicyclic amines) is 1. The predicted molar refractivity (Wildman–Crippen MR) is 114 cm³/mol. The minimum Gasteiger partial charge on any atom is -0.445 e. The summed E-state index contributed by atoms with van der Waals surface area (Å²) in [6.07, 6.45) is 8.18. The lowest BCUT2D eigenvalue weighted by Crippen LogP contribution is -2.39. The van der Waals surface area contributed by atoms with Crippen molar-refractivity contribution in [2.45, 2.75) is 32.1 Å². The molecule has 0 unspecified atom stereocenters. The number of oxazole rings is 1. The summed E-state index contributed by atoms with van der Waals surface area (Å²) < 4.78 is 7.97. The average Bonchev–Trinajstić information content (AvgIpc) is 3.42. The SMILES string of the molecule is Cc1cccn2cc(C(=O)N3CCC[C@H](c4ncc(Cc5ccccc5)o4)C3)nc12. The smallest absolute Gasteiger partial charge is 0.274 e. The van der Waals surface area contributed by atoms with Gasteiger partial charge in [0, 0.05) is 31.9 Å². The van der Waals surface area contributed by atoms with E-state index in [1.54, 1.807) is 0 Å². The van der Waals surface area contributed by atoms with E-state index in [4.69, 9.17) is 4.42 Å². The first-order chi connectivity index (χ1) is 14.7. The van der Waals surface area contributed by atoms with Crippen LogP contribution in [0.5, 0.6) is 0 Å². The molecule has 5 rings (SSSR count). The molecular formula is C24H24N4O2. The van der Waals surface area contributed by atoms with Crippen molar-refractivity contribution in [1.82, 2.24) is 19.3 Å². The van der Waals surface area contributed by atoms with E-state index in [1.165, 1.54) is 5.56 Å². The minimum atomic E-state index is -0.0288. The molecular weight excluding hydrogens is 376 g/mol. The van der Waals surface area contributed by atoms with Gasteiger partial charge in [0.1, 0.15) is 17.1 Å². The van der Waals surface area contributed by atoms with Crippen LogP contribution in [-0.2, 0) is 6.42 Å². The minimum absolute atomic E-state index is 0.0288. The Labute approximate surface area is 175 Å². The number of benzene rings is 1. The first-order valence-electron chi connectivity index (χ1n) is 10.4. The van der Waals surface area contributed by atoms with Gasteiger partial charge in [-0.2, -0.15) is 0 Å². The van der Waals surface area contributed by atoms with Crippen LogP contribution in [0.3, 0.4) is 0 Å². The molecule has 1 amide bonds. The van der Waals surface area contributed by atoms with Gasteiger partial charge in [-0.25, -0.2) is 9.97 Å². The van der Waals surface area contributed by atoms with Gasteiger partial charge >= 0.3 is 0 Å². The van der Waals surface area contributed by atoms with Crippen molar-refractivity contribution in [2.75, 3.05) is 13.1 Å². The molecule has 0 spiro atoms. The number of hydrogen-bond acceptors (Lipinski definition) is 4. The monoisotopic (exact) mass is 400 g/mol. The van der Waals surface area contributed by atoms with Gasteiger partial charge in [0.2, 0.25) is 0 Å². The second-order valence-electron chi connectivity index (χ2n) is 7.97. The summed E-state index contributed by atoms with van der Waals surface area (Å²) >= 11 is 0. The van der Waals surface area contributed by atoms with Crippen molar-refractivity contribution in [3.05, 3.63) is 89.5 Å². The normalized spacial score (nSPS) is 16.8. The Hall–Kier alpha value is -3.41. The lowest BCUT2D eigenvalue weighted by atomic mass is 9.98. The fourth-order valence-corrected chi connectivity index (χ4v) is 4.17. The summed E-state index contributed by atoms with van der Waals surface area (Å²) in [5.41, 5.74) is 3.57. The Morgan fingerprint density at radius 1 is 1.20 bits per heavy atom. The molecule has 0 aliphatic carbocycles. The Bertz CT molecular complexity index is 1180. The summed E-state index contributed by atoms with van der Waals surface area (Å²) in [4.78, 5) is 24.1. The Kier molecular flexibility index (Phi) is 4.83. The van der Waals surface area contributed by atoms with Gasteiger partial charge in [-0.05, 0) is 37.0 Å². The number of piperidine rings is 1. The maximum absolute atomic E-state index is 13.1. The zero-order valence-corrected chi connectivity index (χ0v) is 17.0. The average molecular weight is 400 g/mol. The van der Waals surface area contributed by atoms with E-state index < -0.39 is 0 Å². The predicted octanol–water partition coefficient (Wildman–Crippen LogP) is 4.24. The quantitative estimate of drug-likeness (QED) is 0.514. The van der Waals surface area contributed by atoms with E-state index in [-0.39, 0.29) is 11.8 Å². The number of imidazole rings is 1. The van der Waals surface area contributed by atoms with E-state index >= 15 is 0 Å². The highest BCUT2D eigenvalue weighted by Crippen LogP contribution is 2.28. The van der Waals surface area contributed by atoms with Crippen molar-refractivity contribution in [1.29, 1.82) is 0 Å². The summed E-state index contributed by atoms with van der Waals surface area (Å²) in [7, 11) is 0. The molecule has 1 aromatic carbocycles. The number of hydrogen-bond donors (Lipinski definition) is 0. The number of rotatable bonds is 4. The largest absolute Gasteiger partial charge is 0.445 e. The zero-order chi connectivity index (χ0) is 20.5. The van der Waals surface area contributed by atoms with Crippen LogP contribution in [0, 0.1) is 6.92 Å². The van der Waals surface area contributed by atoms with Gasteiger partial charge in [-0.3, -0.25) is 4.79 Å². The van der Waals surface area contributed by atoms with E-state index in [0.29, 0.717) is 12.2 Å². The van der Waals surface area contributed by atoms with Crippen LogP contribution in [0.15, 0.2) is 65.5 Å². The number of aryl methyl sites for hydroxylation is 1. The number of amides is 1. The van der Waals surface area contributed by atoms with Gasteiger partial charge in [-0.15, -0.1) is 0 Å². The van der Waals surface area contributed by atoms with Gasteiger partial charge in [0.25, 0.3) is 5.91 Å². The maximum atomic E-state index is 13.1. The molecule has 1 atom stereocenters. The zero-order valence-electron chi connectivity index (χ0n) is 17.0. The van der Waals surface area contributed by atoms with Crippen molar-refractivity contribution >= 4 is 11.6 Å². The standard InChI is InChI=1S/C24H24N4O2/c1-17-7-5-11-27-16-21(26-22(17)27)24(29)28-12-6-10-19(15-28)23-25-14-20(30-23)13-18-8-3-2-4-9-18/h2-5,7-9,11,14,16,19H,6,10,12-13,15H2,1H3/t19-/m0/s1. The molecule has 1 aliphatic heterocycles. The van der Waals surface area contributed by atoms with Crippen molar-refractivity contribution in [3.63, 3.8) is 0 Å². The van der Waals surface area contributed by atoms with Gasteiger partial charge in [-0.1, -0.05) is 36.4 Å². The van der Waals surface area contributed by atoms with Crippen LogP contribution in [0.25, 0.3) is 5.65 Å². The molecule has 0 N–H and O–H groups in total. The number of aromatic nitrogens is 3. The van der Waals surface area contributed by atoms with Gasteiger partial charge < -0.3 is 13.7 Å². The molecule has 1 aliphatic rings. The lowest BCUT2D eigenvalue weighted by molar-refractivity contribution is 0.0692. The molecule has 152 valence electrons. The van der Waals surface area contributed by atoms with Gasteiger partial charge in [0.15, 0.2) is 5.89 Å². The number of nitrogens with zero attached hydrogens (tertiary/aromatic N) is 4. The molecule has 0 radical (unpaired) electrons. The Balaban J connectivity index is 1.31. The highest BCUT2D eigenvalue weighted by atomic mass is 16.4. The second kappa shape index (κ2) is 7.78. The van der Waals surface area contributed by atoms with Crippen LogP contribution < -0.4 is 0 Å². The first kappa shape index (κ1) is 18.6. The maximum Gasteiger partial charge on any atom is 0.274 e. The molecule has 30 heavy (non-hydrogen) atoms. The van der Waals surface area contributed by atoms with E-state index in [0.717, 1.165) is 48.7 Å². The van der Waals surface area contributed by atoms with Crippen LogP contribution in [0.4, 0.5) is 0 Å². The third-order valence-electron chi connectivity index (χ3n) is 5.75. The first-order valence-corrected chi connectivity index (χ1v) is 10.4. The van der Waals surface area contributed by atoms with E-state index in [9.17, 15) is 4.79 Å². The van der Waals surface area contributed by atoms with Crippen molar-refractivity contribution in [3.8, 4) is 0 Å². The number of carbonyl (C=O) groups is 1. The molecule has 0 saturated carbocycles. The molecule has 1 fully saturated rings. The van der Waals surface area contributed by atoms with Crippen molar-refractivity contribution < 1.29 is 9.21 Å². The van der Waals surface area contributed by atoms with Crippen LogP contribution in [0.1, 0.15) is 52.0 Å². The number of pyridine rings is 1. The molecule has 3 aromatic heterocycles. The highest BCUT2D eigenvalue weighted by molar-refractivity contribution is 5.93. The Morgan fingerprint density at radius 3 is 2.90 bits per heavy atom. The fourth-order valence-electron chi connectivity index (χ4n) is 4.17. The molecule has 6 nitrogen and oxygen atoms in total. The van der Waals surface area contributed by atoms with Crippen LogP contribution in [0.2, 0.25) is 0 Å². The molecule has 1 saturated heterocycles. The van der Waals surface area contributed by atoms with Crippen LogP contribution in [-0.4, -0.2) is 38.3 Å². The Morgan fingerprint density at radius 2 is 2.07 bits per heavy atom. The molecule has 6 heteroatoms. The summed E-state index contributed by atoms with van der Waals surface area (Å²) in [5.74, 6) is 1.67. The second-order valence-corrected chi connectivity index (χ2v) is 7.97. The summed E-state index contributed by atoms with van der Waals surface area (Å²) in [5, 5.41) is 0. The molecule has 4 aromatic rings.